The molecule has 26 heavy (non-hydrogen) atoms. The van der Waals surface area contributed by atoms with Crippen LogP contribution in [0.1, 0.15) is 17.0 Å². The van der Waals surface area contributed by atoms with Gasteiger partial charge in [0.05, 0.1) is 15.7 Å². The molecule has 2 N–H and O–H groups in total. The first-order valence-electron chi connectivity index (χ1n) is 7.46. The monoisotopic (exact) mass is 409 g/mol. The van der Waals surface area contributed by atoms with Crippen molar-refractivity contribution in [1.29, 1.82) is 0 Å². The molecular weight excluding hydrogens is 395 g/mol. The summed E-state index contributed by atoms with van der Waals surface area (Å²) in [7, 11) is -3.92. The molecule has 1 aliphatic rings. The minimum Gasteiger partial charge on any atom is -0.481 e. The molecule has 1 aliphatic heterocycles. The van der Waals surface area contributed by atoms with E-state index < -0.39 is 33.8 Å². The molecule has 1 fully saturated rings. The molecule has 3 heterocycles. The van der Waals surface area contributed by atoms with Crippen molar-refractivity contribution in [2.75, 3.05) is 13.1 Å². The van der Waals surface area contributed by atoms with E-state index in [1.807, 2.05) is 5.10 Å². The number of hydrogen-bond acceptors (Lipinski definition) is 5. The molecule has 1 saturated heterocycles. The number of nitrogens with one attached hydrogen (secondary N) is 1. The zero-order valence-electron chi connectivity index (χ0n) is 13.4. The molecule has 0 radical (unpaired) electrons. The number of rotatable bonds is 4. The number of thiophene rings is 1. The second-order valence-corrected chi connectivity index (χ2v) is 9.05. The van der Waals surface area contributed by atoms with E-state index in [1.165, 1.54) is 6.07 Å². The summed E-state index contributed by atoms with van der Waals surface area (Å²) in [5, 5.41) is 14.5. The lowest BCUT2D eigenvalue weighted by atomic mass is 10.1. The number of sulfonamides is 1. The van der Waals surface area contributed by atoms with Crippen LogP contribution in [0.4, 0.5) is 13.2 Å². The maximum Gasteiger partial charge on any atom is 0.432 e. The predicted octanol–water partition coefficient (Wildman–Crippen LogP) is 2.56. The molecule has 0 spiro atoms. The van der Waals surface area contributed by atoms with Gasteiger partial charge in [-0.15, -0.1) is 11.3 Å². The lowest BCUT2D eigenvalue weighted by Crippen LogP contribution is -2.30. The molecule has 1 atom stereocenters. The minimum atomic E-state index is -4.58. The fourth-order valence-corrected chi connectivity index (χ4v) is 5.75. The SMILES string of the molecule is Cc1sc(-c2cc(C(F)(F)F)[nH]n2)cc1S(=O)(=O)N1CCC(C(=O)O)C1. The smallest absolute Gasteiger partial charge is 0.432 e. The Balaban J connectivity index is 1.91. The van der Waals surface area contributed by atoms with Gasteiger partial charge in [0, 0.05) is 18.0 Å². The molecule has 0 aromatic carbocycles. The molecule has 142 valence electrons. The lowest BCUT2D eigenvalue weighted by Gasteiger charge is -2.15. The van der Waals surface area contributed by atoms with Crippen molar-refractivity contribution in [1.82, 2.24) is 14.5 Å². The highest BCUT2D eigenvalue weighted by atomic mass is 32.2. The summed E-state index contributed by atoms with van der Waals surface area (Å²) in [5.41, 5.74) is -1.02. The zero-order valence-corrected chi connectivity index (χ0v) is 15.0. The summed E-state index contributed by atoms with van der Waals surface area (Å²) >= 11 is 1.01. The Morgan fingerprint density at radius 3 is 2.65 bits per heavy atom. The maximum absolute atomic E-state index is 12.8. The number of carboxylic acid groups (broad SMARTS) is 1. The van der Waals surface area contributed by atoms with Gasteiger partial charge >= 0.3 is 12.1 Å². The molecule has 0 bridgehead atoms. The molecule has 0 aliphatic carbocycles. The molecule has 12 heteroatoms. The van der Waals surface area contributed by atoms with Gasteiger partial charge in [0.2, 0.25) is 10.0 Å². The molecule has 3 rings (SSSR count). The Morgan fingerprint density at radius 1 is 1.42 bits per heavy atom. The van der Waals surface area contributed by atoms with Crippen LogP contribution in [0.15, 0.2) is 17.0 Å². The summed E-state index contributed by atoms with van der Waals surface area (Å²) in [4.78, 5) is 11.7. The third-order valence-corrected chi connectivity index (χ3v) is 7.32. The fourth-order valence-electron chi connectivity index (χ4n) is 2.73. The van der Waals surface area contributed by atoms with E-state index in [1.54, 1.807) is 6.92 Å². The highest BCUT2D eigenvalue weighted by molar-refractivity contribution is 7.89. The Labute approximate surface area is 150 Å². The first-order valence-corrected chi connectivity index (χ1v) is 9.72. The highest BCUT2D eigenvalue weighted by Gasteiger charge is 2.37. The van der Waals surface area contributed by atoms with E-state index in [0.717, 1.165) is 21.7 Å². The van der Waals surface area contributed by atoms with Gasteiger partial charge in [-0.3, -0.25) is 9.89 Å². The normalized spacial score (nSPS) is 19.2. The summed E-state index contributed by atoms with van der Waals surface area (Å²) in [6.07, 6.45) is -4.35. The average molecular weight is 409 g/mol. The maximum atomic E-state index is 12.8. The van der Waals surface area contributed by atoms with Gasteiger partial charge < -0.3 is 5.11 Å². The van der Waals surface area contributed by atoms with Crippen LogP contribution >= 0.6 is 11.3 Å². The number of carboxylic acids is 1. The molecule has 2 aromatic rings. The third-order valence-electron chi connectivity index (χ3n) is 4.13. The molecule has 1 unspecified atom stereocenters. The van der Waals surface area contributed by atoms with Gasteiger partial charge in [0.15, 0.2) is 0 Å². The Bertz CT molecular complexity index is 949. The molecule has 2 aromatic heterocycles. The number of alkyl halides is 3. The number of aromatic nitrogens is 2. The Kier molecular flexibility index (Phi) is 4.61. The largest absolute Gasteiger partial charge is 0.481 e. The zero-order chi connectivity index (χ0) is 19.3. The Morgan fingerprint density at radius 2 is 2.12 bits per heavy atom. The third kappa shape index (κ3) is 3.35. The minimum absolute atomic E-state index is 0.00305. The van der Waals surface area contributed by atoms with Crippen LogP contribution in [0, 0.1) is 12.8 Å². The van der Waals surface area contributed by atoms with Crippen molar-refractivity contribution >= 4 is 27.3 Å². The van der Waals surface area contributed by atoms with Gasteiger partial charge in [-0.2, -0.15) is 22.6 Å². The highest BCUT2D eigenvalue weighted by Crippen LogP contribution is 2.37. The molecule has 0 amide bonds. The van der Waals surface area contributed by atoms with E-state index in [0.29, 0.717) is 4.88 Å². The topological polar surface area (TPSA) is 103 Å². The number of carbonyl (C=O) groups is 1. The quantitative estimate of drug-likeness (QED) is 0.808. The first kappa shape index (κ1) is 18.9. The summed E-state index contributed by atoms with van der Waals surface area (Å²) in [6.45, 7) is 1.51. The van der Waals surface area contributed by atoms with Crippen molar-refractivity contribution in [3.8, 4) is 10.6 Å². The Hall–Kier alpha value is -1.92. The van der Waals surface area contributed by atoms with Gasteiger partial charge in [-0.1, -0.05) is 0 Å². The van der Waals surface area contributed by atoms with Crippen molar-refractivity contribution in [3.63, 3.8) is 0 Å². The lowest BCUT2D eigenvalue weighted by molar-refractivity contribution is -0.142. The van der Waals surface area contributed by atoms with Crippen LogP contribution in [-0.4, -0.2) is 47.1 Å². The first-order chi connectivity index (χ1) is 12.0. The van der Waals surface area contributed by atoms with Gasteiger partial charge in [-0.25, -0.2) is 8.42 Å². The standard InChI is InChI=1S/C14H14F3N3O4S2/c1-7-11(26(23,24)20-3-2-8(6-20)13(21)22)5-10(25-7)9-4-12(19-18-9)14(15,16)17/h4-5,8H,2-3,6H2,1H3,(H,18,19)(H,21,22). The molecule has 0 saturated carbocycles. The van der Waals surface area contributed by atoms with Crippen LogP contribution in [0.2, 0.25) is 0 Å². The van der Waals surface area contributed by atoms with Crippen molar-refractivity contribution in [3.05, 3.63) is 22.7 Å². The number of aromatic amines is 1. The summed E-state index contributed by atoms with van der Waals surface area (Å²) in [6, 6.07) is 2.09. The van der Waals surface area contributed by atoms with E-state index >= 15 is 0 Å². The van der Waals surface area contributed by atoms with Crippen molar-refractivity contribution < 1.29 is 31.5 Å². The van der Waals surface area contributed by atoms with E-state index in [2.05, 4.69) is 5.10 Å². The summed E-state index contributed by atoms with van der Waals surface area (Å²) in [5.74, 6) is -1.81. The second-order valence-electron chi connectivity index (χ2n) is 5.88. The number of aliphatic carboxylic acids is 1. The van der Waals surface area contributed by atoms with Crippen LogP contribution in [0.3, 0.4) is 0 Å². The van der Waals surface area contributed by atoms with E-state index in [9.17, 15) is 26.4 Å². The fraction of sp³-hybridized carbons (Fsp3) is 0.429. The van der Waals surface area contributed by atoms with Crippen LogP contribution in [0.25, 0.3) is 10.6 Å². The van der Waals surface area contributed by atoms with Crippen molar-refractivity contribution in [2.24, 2.45) is 5.92 Å². The number of aryl methyl sites for hydroxylation is 1. The van der Waals surface area contributed by atoms with E-state index in [-0.39, 0.29) is 35.0 Å². The number of nitrogens with zero attached hydrogens (tertiary/aromatic N) is 2. The van der Waals surface area contributed by atoms with Gasteiger partial charge in [0.25, 0.3) is 0 Å². The second kappa shape index (κ2) is 6.35. The van der Waals surface area contributed by atoms with Crippen LogP contribution in [0.5, 0.6) is 0 Å². The molecular formula is C14H14F3N3O4S2. The predicted molar refractivity (Wildman–Crippen MR) is 86.1 cm³/mol. The summed E-state index contributed by atoms with van der Waals surface area (Å²) < 4.78 is 64.7. The van der Waals surface area contributed by atoms with Crippen LogP contribution < -0.4 is 0 Å². The molecule has 7 nitrogen and oxygen atoms in total. The number of hydrogen-bond donors (Lipinski definition) is 2. The van der Waals surface area contributed by atoms with Crippen molar-refractivity contribution in [2.45, 2.75) is 24.4 Å². The van der Waals surface area contributed by atoms with Gasteiger partial charge in [-0.05, 0) is 25.5 Å². The number of halogens is 3. The van der Waals surface area contributed by atoms with Gasteiger partial charge in [0.1, 0.15) is 11.4 Å². The van der Waals surface area contributed by atoms with E-state index in [4.69, 9.17) is 5.11 Å². The number of H-pyrrole nitrogens is 1. The average Bonchev–Trinajstić information content (AvgIpc) is 3.25. The van der Waals surface area contributed by atoms with Crippen LogP contribution in [-0.2, 0) is 21.0 Å².